The lowest BCUT2D eigenvalue weighted by Gasteiger charge is -2.21. The van der Waals surface area contributed by atoms with Crippen molar-refractivity contribution in [2.45, 2.75) is 40.4 Å². The molecule has 0 saturated carbocycles. The second-order valence-electron chi connectivity index (χ2n) is 4.82. The molecule has 0 aliphatic heterocycles. The van der Waals surface area contributed by atoms with Gasteiger partial charge < -0.3 is 0 Å². The number of aryl methyl sites for hydroxylation is 2. The molecule has 0 unspecified atom stereocenters. The van der Waals surface area contributed by atoms with E-state index in [9.17, 15) is 0 Å². The molecule has 0 N–H and O–H groups in total. The van der Waals surface area contributed by atoms with Crippen molar-refractivity contribution >= 4 is 15.9 Å². The monoisotopic (exact) mass is 336 g/mol. The Hall–Kier alpha value is -1.20. The van der Waals surface area contributed by atoms with Crippen molar-refractivity contribution in [3.8, 4) is 0 Å². The fraction of sp³-hybridized carbons (Fsp3) is 0.467. The van der Waals surface area contributed by atoms with Gasteiger partial charge in [-0.25, -0.2) is 0 Å². The second-order valence-corrected chi connectivity index (χ2v) is 5.61. The second kappa shape index (κ2) is 6.99. The van der Waals surface area contributed by atoms with Gasteiger partial charge in [-0.15, -0.1) is 0 Å². The van der Waals surface area contributed by atoms with Gasteiger partial charge in [0.05, 0.1) is 15.9 Å². The first-order chi connectivity index (χ1) is 9.65. The summed E-state index contributed by atoms with van der Waals surface area (Å²) in [6, 6.07) is 4.14. The van der Waals surface area contributed by atoms with E-state index < -0.39 is 0 Å². The highest BCUT2D eigenvalue weighted by Crippen LogP contribution is 2.23. The highest BCUT2D eigenvalue weighted by atomic mass is 79.9. The van der Waals surface area contributed by atoms with Gasteiger partial charge in [0.25, 0.3) is 0 Å². The predicted molar refractivity (Wildman–Crippen MR) is 84.4 cm³/mol. The minimum atomic E-state index is 0.897. The molecule has 0 amide bonds. The fourth-order valence-electron chi connectivity index (χ4n) is 2.26. The van der Waals surface area contributed by atoms with Crippen LogP contribution in [0.4, 0.5) is 0 Å². The summed E-state index contributed by atoms with van der Waals surface area (Å²) in [5.41, 5.74) is 3.60. The number of hydrogen-bond acceptors (Lipinski definition) is 3. The summed E-state index contributed by atoms with van der Waals surface area (Å²) in [5.74, 6) is 0. The highest BCUT2D eigenvalue weighted by molar-refractivity contribution is 9.10. The molecule has 108 valence electrons. The van der Waals surface area contributed by atoms with Crippen LogP contribution in [-0.4, -0.2) is 26.2 Å². The molecule has 0 radical (unpaired) electrons. The Morgan fingerprint density at radius 2 is 1.90 bits per heavy atom. The summed E-state index contributed by atoms with van der Waals surface area (Å²) in [7, 11) is 0. The Balaban J connectivity index is 2.14. The smallest absolute Gasteiger partial charge is 0.0739 e. The Labute approximate surface area is 128 Å². The molecule has 0 fully saturated rings. The zero-order valence-electron chi connectivity index (χ0n) is 12.3. The van der Waals surface area contributed by atoms with Crippen LogP contribution in [0.25, 0.3) is 0 Å². The Morgan fingerprint density at radius 3 is 2.50 bits per heavy atom. The van der Waals surface area contributed by atoms with Crippen molar-refractivity contribution in [1.82, 2.24) is 19.7 Å². The van der Waals surface area contributed by atoms with E-state index in [0.717, 1.165) is 36.3 Å². The normalized spacial score (nSPS) is 11.2. The summed E-state index contributed by atoms with van der Waals surface area (Å²) in [6.07, 6.45) is 3.69. The number of hydrogen-bond donors (Lipinski definition) is 0. The lowest BCUT2D eigenvalue weighted by molar-refractivity contribution is 0.262. The van der Waals surface area contributed by atoms with Gasteiger partial charge in [0.2, 0.25) is 0 Å². The third kappa shape index (κ3) is 3.46. The van der Waals surface area contributed by atoms with Crippen LogP contribution in [0.1, 0.15) is 30.8 Å². The van der Waals surface area contributed by atoms with Crippen LogP contribution in [0.15, 0.2) is 29.0 Å². The van der Waals surface area contributed by atoms with Crippen LogP contribution in [-0.2, 0) is 19.6 Å². The lowest BCUT2D eigenvalue weighted by Crippen LogP contribution is -2.24. The maximum absolute atomic E-state index is 4.56. The topological polar surface area (TPSA) is 34.0 Å². The maximum atomic E-state index is 4.56. The van der Waals surface area contributed by atoms with E-state index in [-0.39, 0.29) is 0 Å². The Kier molecular flexibility index (Phi) is 5.31. The Bertz CT molecular complexity index is 551. The molecule has 20 heavy (non-hydrogen) atoms. The fourth-order valence-corrected chi connectivity index (χ4v) is 2.67. The number of aromatic nitrogens is 3. The van der Waals surface area contributed by atoms with Crippen LogP contribution in [0.5, 0.6) is 0 Å². The van der Waals surface area contributed by atoms with Crippen molar-refractivity contribution in [3.05, 3.63) is 46.0 Å². The van der Waals surface area contributed by atoms with Crippen LogP contribution < -0.4 is 0 Å². The van der Waals surface area contributed by atoms with Gasteiger partial charge >= 0.3 is 0 Å². The zero-order valence-corrected chi connectivity index (χ0v) is 13.9. The first-order valence-corrected chi connectivity index (χ1v) is 7.78. The molecule has 2 rings (SSSR count). The maximum Gasteiger partial charge on any atom is 0.0739 e. The average molecular weight is 337 g/mol. The van der Waals surface area contributed by atoms with Crippen molar-refractivity contribution in [2.75, 3.05) is 6.54 Å². The van der Waals surface area contributed by atoms with E-state index >= 15 is 0 Å². The lowest BCUT2D eigenvalue weighted by atomic mass is 10.2. The van der Waals surface area contributed by atoms with E-state index in [1.165, 1.54) is 11.3 Å². The predicted octanol–water partition coefficient (Wildman–Crippen LogP) is 3.39. The third-order valence-corrected chi connectivity index (χ3v) is 4.46. The minimum Gasteiger partial charge on any atom is -0.294 e. The first kappa shape index (κ1) is 15.2. The molecule has 0 saturated heterocycles. The van der Waals surface area contributed by atoms with E-state index in [4.69, 9.17) is 0 Å². The molecule has 2 aromatic heterocycles. The Morgan fingerprint density at radius 1 is 1.20 bits per heavy atom. The summed E-state index contributed by atoms with van der Waals surface area (Å²) >= 11 is 3.66. The molecule has 0 atom stereocenters. The van der Waals surface area contributed by atoms with Crippen molar-refractivity contribution in [2.24, 2.45) is 0 Å². The third-order valence-electron chi connectivity index (χ3n) is 3.43. The highest BCUT2D eigenvalue weighted by Gasteiger charge is 2.15. The molecule has 0 bridgehead atoms. The largest absolute Gasteiger partial charge is 0.294 e. The first-order valence-electron chi connectivity index (χ1n) is 6.98. The molecule has 4 nitrogen and oxygen atoms in total. The van der Waals surface area contributed by atoms with Gasteiger partial charge in [0.15, 0.2) is 0 Å². The molecule has 2 heterocycles. The van der Waals surface area contributed by atoms with Gasteiger partial charge in [-0.05, 0) is 54.0 Å². The standard InChI is InChI=1S/C15H21BrN4/c1-4-19(10-13-6-8-17-9-7-13)11-14-15(16)12(3)18-20(14)5-2/h6-9H,4-5,10-11H2,1-3H3. The molecule has 5 heteroatoms. The van der Waals surface area contributed by atoms with Crippen LogP contribution >= 0.6 is 15.9 Å². The summed E-state index contributed by atoms with van der Waals surface area (Å²) in [6.45, 7) is 10.1. The van der Waals surface area contributed by atoms with Gasteiger partial charge in [-0.2, -0.15) is 5.10 Å². The summed E-state index contributed by atoms with van der Waals surface area (Å²) in [4.78, 5) is 6.47. The summed E-state index contributed by atoms with van der Waals surface area (Å²) < 4.78 is 3.21. The number of rotatable bonds is 6. The van der Waals surface area contributed by atoms with E-state index in [2.05, 4.69) is 61.6 Å². The van der Waals surface area contributed by atoms with Crippen molar-refractivity contribution < 1.29 is 0 Å². The number of nitrogens with zero attached hydrogens (tertiary/aromatic N) is 4. The van der Waals surface area contributed by atoms with Crippen LogP contribution in [0, 0.1) is 6.92 Å². The summed E-state index contributed by atoms with van der Waals surface area (Å²) in [5, 5.41) is 4.56. The van der Waals surface area contributed by atoms with Crippen LogP contribution in [0.2, 0.25) is 0 Å². The quantitative estimate of drug-likeness (QED) is 0.810. The van der Waals surface area contributed by atoms with Crippen molar-refractivity contribution in [1.29, 1.82) is 0 Å². The van der Waals surface area contributed by atoms with Crippen molar-refractivity contribution in [3.63, 3.8) is 0 Å². The minimum absolute atomic E-state index is 0.897. The van der Waals surface area contributed by atoms with E-state index in [1.807, 2.05) is 19.3 Å². The SMILES string of the molecule is CCN(Cc1ccncc1)Cc1c(Br)c(C)nn1CC. The number of pyridine rings is 1. The van der Waals surface area contributed by atoms with E-state index in [1.54, 1.807) is 0 Å². The molecule has 2 aromatic rings. The number of halogens is 1. The van der Waals surface area contributed by atoms with Gasteiger partial charge in [-0.1, -0.05) is 6.92 Å². The average Bonchev–Trinajstić information content (AvgIpc) is 2.75. The van der Waals surface area contributed by atoms with E-state index in [0.29, 0.717) is 0 Å². The molecule has 0 aliphatic rings. The van der Waals surface area contributed by atoms with Crippen LogP contribution in [0.3, 0.4) is 0 Å². The molecular weight excluding hydrogens is 316 g/mol. The zero-order chi connectivity index (χ0) is 14.5. The molecule has 0 spiro atoms. The molecular formula is C15H21BrN4. The van der Waals surface area contributed by atoms with Gasteiger partial charge in [0.1, 0.15) is 0 Å². The molecule has 0 aromatic carbocycles. The molecule has 0 aliphatic carbocycles. The van der Waals surface area contributed by atoms with Gasteiger partial charge in [-0.3, -0.25) is 14.6 Å². The van der Waals surface area contributed by atoms with Gasteiger partial charge in [0, 0.05) is 32.0 Å².